The molecule has 0 saturated carbocycles. The molecule has 0 radical (unpaired) electrons. The van der Waals surface area contributed by atoms with Crippen molar-refractivity contribution in [2.24, 2.45) is 11.8 Å². The van der Waals surface area contributed by atoms with Gasteiger partial charge in [0.1, 0.15) is 33.8 Å². The molecule has 0 amide bonds. The summed E-state index contributed by atoms with van der Waals surface area (Å²) in [4.78, 5) is 44.1. The second-order valence-corrected chi connectivity index (χ2v) is 14.5. The molecule has 252 valence electrons. The van der Waals surface area contributed by atoms with Crippen molar-refractivity contribution >= 4 is 76.0 Å². The van der Waals surface area contributed by atoms with E-state index < -0.39 is 0 Å². The zero-order chi connectivity index (χ0) is 33.4. The van der Waals surface area contributed by atoms with E-state index in [-0.39, 0.29) is 35.5 Å². The smallest absolute Gasteiger partial charge is 0.294 e. The number of halogens is 2. The molecule has 0 spiro atoms. The molecule has 2 aliphatic rings. The Bertz CT molecular complexity index is 2050. The lowest BCUT2D eigenvalue weighted by Gasteiger charge is -2.31. The highest BCUT2D eigenvalue weighted by molar-refractivity contribution is 9.10. The van der Waals surface area contributed by atoms with Crippen molar-refractivity contribution in [3.05, 3.63) is 77.7 Å². The summed E-state index contributed by atoms with van der Waals surface area (Å²) in [5, 5.41) is 20.4. The van der Waals surface area contributed by atoms with E-state index in [1.165, 1.54) is 0 Å². The second-order valence-electron chi connectivity index (χ2n) is 12.7. The number of nitrogens with one attached hydrogen (secondary N) is 2. The second kappa shape index (κ2) is 14.2. The average molecular weight is 785 g/mol. The first-order valence-corrected chi connectivity index (χ1v) is 17.7. The Morgan fingerprint density at radius 3 is 1.58 bits per heavy atom. The van der Waals surface area contributed by atoms with Crippen molar-refractivity contribution < 1.29 is 19.0 Å². The molecule has 2 atom stereocenters. The maximum absolute atomic E-state index is 12.4. The first kappa shape index (κ1) is 33.1. The molecule has 14 heteroatoms. The number of fused-ring (bicyclic) bond motifs is 6. The molecule has 4 aromatic heterocycles. The molecule has 2 aromatic carbocycles. The Morgan fingerprint density at radius 1 is 0.729 bits per heavy atom. The van der Waals surface area contributed by atoms with Gasteiger partial charge in [0, 0.05) is 46.0 Å². The number of aromatic amines is 2. The number of rotatable bonds is 6. The predicted molar refractivity (Wildman–Crippen MR) is 190 cm³/mol. The van der Waals surface area contributed by atoms with Crippen LogP contribution in [0.4, 0.5) is 0 Å². The van der Waals surface area contributed by atoms with Crippen LogP contribution in [-0.2, 0) is 13.1 Å². The van der Waals surface area contributed by atoms with Crippen molar-refractivity contribution in [2.75, 3.05) is 39.4 Å². The van der Waals surface area contributed by atoms with Gasteiger partial charge in [-0.25, -0.2) is 9.97 Å². The van der Waals surface area contributed by atoms with Crippen LogP contribution in [0.5, 0.6) is 0 Å². The molecule has 6 aromatic rings. The molecule has 48 heavy (non-hydrogen) atoms. The third-order valence-corrected chi connectivity index (χ3v) is 10.1. The minimum Gasteiger partial charge on any atom is -0.449 e. The maximum atomic E-state index is 12.4. The molecule has 12 nitrogen and oxygen atoms in total. The summed E-state index contributed by atoms with van der Waals surface area (Å²) in [6.45, 7) is 5.13. The van der Waals surface area contributed by atoms with Crippen molar-refractivity contribution in [3.8, 4) is 0 Å². The predicted octanol–water partition coefficient (Wildman–Crippen LogP) is 5.27. The lowest BCUT2D eigenvalue weighted by atomic mass is 9.99. The molecule has 0 aliphatic carbocycles. The Balaban J connectivity index is 0.000000152. The van der Waals surface area contributed by atoms with Crippen molar-refractivity contribution in [1.82, 2.24) is 29.7 Å². The fourth-order valence-corrected chi connectivity index (χ4v) is 7.53. The standard InChI is InChI=1S/2C17H18BrN3O3/c2*18-11-3-4-13-12(6-11)15-16(24-13)17(23)20-14(19-15)8-21-5-1-2-10(7-21)9-22/h2*3-4,6,10,22H,1-2,5,7-9H2,(H,19,20,23). The van der Waals surface area contributed by atoms with Gasteiger partial charge in [-0.3, -0.25) is 19.4 Å². The van der Waals surface area contributed by atoms with Crippen LogP contribution >= 0.6 is 31.9 Å². The Hall–Kier alpha value is -3.40. The molecule has 8 rings (SSSR count). The lowest BCUT2D eigenvalue weighted by molar-refractivity contribution is 0.114. The van der Waals surface area contributed by atoms with Crippen molar-refractivity contribution in [1.29, 1.82) is 0 Å². The molecule has 6 heterocycles. The van der Waals surface area contributed by atoms with Gasteiger partial charge in [-0.15, -0.1) is 0 Å². The van der Waals surface area contributed by atoms with Crippen molar-refractivity contribution in [3.63, 3.8) is 0 Å². The Labute approximate surface area is 291 Å². The Kier molecular flexibility index (Phi) is 9.81. The summed E-state index contributed by atoms with van der Waals surface area (Å²) in [5.41, 5.74) is 2.53. The Morgan fingerprint density at radius 2 is 1.17 bits per heavy atom. The summed E-state index contributed by atoms with van der Waals surface area (Å²) >= 11 is 6.89. The van der Waals surface area contributed by atoms with Crippen LogP contribution < -0.4 is 11.1 Å². The van der Waals surface area contributed by atoms with Gasteiger partial charge >= 0.3 is 0 Å². The van der Waals surface area contributed by atoms with E-state index in [0.29, 0.717) is 58.8 Å². The highest BCUT2D eigenvalue weighted by Gasteiger charge is 2.23. The number of H-pyrrole nitrogens is 2. The number of likely N-dealkylation sites (tertiary alicyclic amines) is 2. The molecule has 2 saturated heterocycles. The third-order valence-electron chi connectivity index (χ3n) is 9.14. The van der Waals surface area contributed by atoms with Gasteiger partial charge in [-0.2, -0.15) is 0 Å². The number of hydrogen-bond acceptors (Lipinski definition) is 10. The SMILES string of the molecule is O=c1[nH]c(CN2CCCC(CO)C2)nc2c1oc1ccc(Br)cc12.O=c1[nH]c(CN2CCCC(CO)C2)nc2c1oc1ccc(Br)cc12. The fourth-order valence-electron chi connectivity index (χ4n) is 6.81. The van der Waals surface area contributed by atoms with Gasteiger partial charge in [0.2, 0.25) is 11.2 Å². The highest BCUT2D eigenvalue weighted by atomic mass is 79.9. The topological polar surface area (TPSA) is 165 Å². The molecule has 2 unspecified atom stereocenters. The molecular formula is C34H36Br2N6O6. The van der Waals surface area contributed by atoms with E-state index in [4.69, 9.17) is 8.83 Å². The molecule has 2 aliphatic heterocycles. The first-order valence-electron chi connectivity index (χ1n) is 16.2. The van der Waals surface area contributed by atoms with Gasteiger partial charge < -0.3 is 29.0 Å². The zero-order valence-corrected chi connectivity index (χ0v) is 29.3. The van der Waals surface area contributed by atoms with Gasteiger partial charge in [0.15, 0.2) is 0 Å². The summed E-state index contributed by atoms with van der Waals surface area (Å²) in [6, 6.07) is 11.2. The van der Waals surface area contributed by atoms with Crippen LogP contribution in [0.25, 0.3) is 44.1 Å². The lowest BCUT2D eigenvalue weighted by Crippen LogP contribution is -2.37. The van der Waals surface area contributed by atoms with E-state index >= 15 is 0 Å². The number of furan rings is 2. The summed E-state index contributed by atoms with van der Waals surface area (Å²) < 4.78 is 13.1. The van der Waals surface area contributed by atoms with E-state index in [2.05, 4.69) is 61.6 Å². The summed E-state index contributed by atoms with van der Waals surface area (Å²) in [5.74, 6) is 1.88. The van der Waals surface area contributed by atoms with Crippen LogP contribution in [-0.4, -0.2) is 79.3 Å². The van der Waals surface area contributed by atoms with Crippen LogP contribution in [0.3, 0.4) is 0 Å². The summed E-state index contributed by atoms with van der Waals surface area (Å²) in [6.07, 6.45) is 4.21. The number of aliphatic hydroxyl groups excluding tert-OH is 2. The number of nitrogens with zero attached hydrogens (tertiary/aromatic N) is 4. The van der Waals surface area contributed by atoms with E-state index in [0.717, 1.165) is 71.6 Å². The van der Waals surface area contributed by atoms with Crippen molar-refractivity contribution in [2.45, 2.75) is 38.8 Å². The van der Waals surface area contributed by atoms with Crippen LogP contribution in [0.15, 0.2) is 63.8 Å². The van der Waals surface area contributed by atoms with Gasteiger partial charge in [-0.05, 0) is 87.0 Å². The number of aliphatic hydroxyl groups is 2. The molecule has 4 N–H and O–H groups in total. The molecule has 0 bridgehead atoms. The number of hydrogen-bond donors (Lipinski definition) is 4. The van der Waals surface area contributed by atoms with Gasteiger partial charge in [0.05, 0.1) is 13.1 Å². The third kappa shape index (κ3) is 7.00. The first-order chi connectivity index (χ1) is 23.3. The molecule has 2 fully saturated rings. The van der Waals surface area contributed by atoms with Gasteiger partial charge in [0.25, 0.3) is 11.1 Å². The van der Waals surface area contributed by atoms with Gasteiger partial charge in [-0.1, -0.05) is 31.9 Å². The normalized spacial score (nSPS) is 19.3. The van der Waals surface area contributed by atoms with Crippen LogP contribution in [0.2, 0.25) is 0 Å². The van der Waals surface area contributed by atoms with E-state index in [1.807, 2.05) is 36.4 Å². The minimum atomic E-state index is -0.252. The van der Waals surface area contributed by atoms with E-state index in [1.54, 1.807) is 0 Å². The van der Waals surface area contributed by atoms with E-state index in [9.17, 15) is 19.8 Å². The summed E-state index contributed by atoms with van der Waals surface area (Å²) in [7, 11) is 0. The quantitative estimate of drug-likeness (QED) is 0.175. The number of piperidine rings is 2. The fraction of sp³-hybridized carbons (Fsp3) is 0.412. The largest absolute Gasteiger partial charge is 0.449 e. The number of benzene rings is 2. The molecular weight excluding hydrogens is 748 g/mol. The monoisotopic (exact) mass is 782 g/mol. The number of aromatic nitrogens is 4. The minimum absolute atomic E-state index is 0.208. The zero-order valence-electron chi connectivity index (χ0n) is 26.2. The maximum Gasteiger partial charge on any atom is 0.294 e. The highest BCUT2D eigenvalue weighted by Crippen LogP contribution is 2.29. The van der Waals surface area contributed by atoms with Crippen LogP contribution in [0, 0.1) is 11.8 Å². The van der Waals surface area contributed by atoms with Crippen LogP contribution in [0.1, 0.15) is 37.3 Å². The average Bonchev–Trinajstić information content (AvgIpc) is 3.64.